The highest BCUT2D eigenvalue weighted by atomic mass is 32.2. The Morgan fingerprint density at radius 2 is 2.10 bits per heavy atom. The van der Waals surface area contributed by atoms with E-state index in [1.165, 1.54) is 18.6 Å². The molecule has 0 saturated heterocycles. The minimum Gasteiger partial charge on any atom is -0.370 e. The van der Waals surface area contributed by atoms with Crippen LogP contribution in [0.3, 0.4) is 0 Å². The first kappa shape index (κ1) is 15.4. The zero-order valence-corrected chi connectivity index (χ0v) is 13.6. The summed E-state index contributed by atoms with van der Waals surface area (Å²) in [4.78, 5) is 9.32. The molecule has 0 aliphatic heterocycles. The number of hydrogen-bond donors (Lipinski definition) is 2. The molecule has 0 bridgehead atoms. The summed E-state index contributed by atoms with van der Waals surface area (Å²) < 4.78 is 0. The Kier molecular flexibility index (Phi) is 5.95. The fraction of sp³-hybridized carbons (Fsp3) is 0.733. The summed E-state index contributed by atoms with van der Waals surface area (Å²) in [5.41, 5.74) is 0. The highest BCUT2D eigenvalue weighted by molar-refractivity contribution is 7.98. The van der Waals surface area contributed by atoms with Crippen LogP contribution in [0.15, 0.2) is 6.07 Å². The van der Waals surface area contributed by atoms with Crippen LogP contribution >= 0.6 is 11.8 Å². The van der Waals surface area contributed by atoms with Gasteiger partial charge >= 0.3 is 0 Å². The lowest BCUT2D eigenvalue weighted by Crippen LogP contribution is -2.18. The molecule has 1 aromatic rings. The minimum atomic E-state index is 0.448. The predicted molar refractivity (Wildman–Crippen MR) is 88.9 cm³/mol. The summed E-state index contributed by atoms with van der Waals surface area (Å²) in [6.07, 6.45) is 6.88. The van der Waals surface area contributed by atoms with Crippen molar-refractivity contribution in [2.45, 2.75) is 51.5 Å². The van der Waals surface area contributed by atoms with E-state index in [9.17, 15) is 0 Å². The van der Waals surface area contributed by atoms with E-state index in [1.807, 2.05) is 17.8 Å². The van der Waals surface area contributed by atoms with Gasteiger partial charge in [0.2, 0.25) is 0 Å². The molecule has 2 N–H and O–H groups in total. The molecule has 1 saturated carbocycles. The Morgan fingerprint density at radius 1 is 1.35 bits per heavy atom. The van der Waals surface area contributed by atoms with Gasteiger partial charge in [-0.1, -0.05) is 6.92 Å². The van der Waals surface area contributed by atoms with Crippen LogP contribution in [0.1, 0.15) is 51.3 Å². The van der Waals surface area contributed by atoms with E-state index >= 15 is 0 Å². The minimum absolute atomic E-state index is 0.448. The lowest BCUT2D eigenvalue weighted by atomic mass is 10.2. The number of thioether (sulfide) groups is 1. The Balaban J connectivity index is 2.03. The van der Waals surface area contributed by atoms with Crippen LogP contribution < -0.4 is 10.6 Å². The summed E-state index contributed by atoms with van der Waals surface area (Å²) in [5.74, 6) is 4.69. The van der Waals surface area contributed by atoms with Crippen LogP contribution in [0.25, 0.3) is 0 Å². The molecule has 112 valence electrons. The molecule has 20 heavy (non-hydrogen) atoms. The van der Waals surface area contributed by atoms with Gasteiger partial charge in [0, 0.05) is 24.6 Å². The summed E-state index contributed by atoms with van der Waals surface area (Å²) in [5, 5.41) is 6.89. The van der Waals surface area contributed by atoms with Gasteiger partial charge < -0.3 is 10.6 Å². The van der Waals surface area contributed by atoms with Crippen molar-refractivity contribution in [3.05, 3.63) is 11.9 Å². The smallest absolute Gasteiger partial charge is 0.136 e. The number of aromatic nitrogens is 2. The zero-order chi connectivity index (χ0) is 14.4. The third-order valence-electron chi connectivity index (χ3n) is 3.39. The molecule has 1 unspecified atom stereocenters. The third kappa shape index (κ3) is 4.85. The second-order valence-corrected chi connectivity index (χ2v) is 6.51. The fourth-order valence-corrected chi connectivity index (χ4v) is 2.62. The second-order valence-electron chi connectivity index (χ2n) is 5.52. The highest BCUT2D eigenvalue weighted by Crippen LogP contribution is 2.38. The molecule has 1 aliphatic carbocycles. The SMILES string of the molecule is CCCNc1cc(NC(C)CCSC)nc(C2CC2)n1. The monoisotopic (exact) mass is 294 g/mol. The Morgan fingerprint density at radius 3 is 2.75 bits per heavy atom. The first-order chi connectivity index (χ1) is 9.72. The summed E-state index contributed by atoms with van der Waals surface area (Å²) in [6.45, 7) is 5.34. The average Bonchev–Trinajstić information content (AvgIpc) is 3.27. The van der Waals surface area contributed by atoms with Crippen LogP contribution in [0.4, 0.5) is 11.6 Å². The van der Waals surface area contributed by atoms with Gasteiger partial charge in [0.05, 0.1) is 0 Å². The fourth-order valence-electron chi connectivity index (χ4n) is 2.03. The van der Waals surface area contributed by atoms with Crippen LogP contribution in [-0.2, 0) is 0 Å². The zero-order valence-electron chi connectivity index (χ0n) is 12.8. The molecule has 0 spiro atoms. The van der Waals surface area contributed by atoms with Crippen molar-refractivity contribution in [2.75, 3.05) is 29.2 Å². The average molecular weight is 294 g/mol. The molecule has 4 nitrogen and oxygen atoms in total. The van der Waals surface area contributed by atoms with Gasteiger partial charge in [-0.15, -0.1) is 0 Å². The molecule has 1 aliphatic rings. The van der Waals surface area contributed by atoms with E-state index < -0.39 is 0 Å². The molecule has 1 fully saturated rings. The summed E-state index contributed by atoms with van der Waals surface area (Å²) in [6, 6.07) is 2.49. The van der Waals surface area contributed by atoms with Crippen molar-refractivity contribution >= 4 is 23.4 Å². The van der Waals surface area contributed by atoms with Crippen LogP contribution in [0.5, 0.6) is 0 Å². The van der Waals surface area contributed by atoms with E-state index in [0.29, 0.717) is 12.0 Å². The van der Waals surface area contributed by atoms with Crippen LogP contribution in [0.2, 0.25) is 0 Å². The maximum Gasteiger partial charge on any atom is 0.136 e. The van der Waals surface area contributed by atoms with Gasteiger partial charge in [-0.2, -0.15) is 11.8 Å². The predicted octanol–water partition coefficient (Wildman–Crippen LogP) is 3.73. The Labute approximate surface area is 126 Å². The molecule has 1 atom stereocenters. The number of rotatable bonds is 9. The standard InChI is InChI=1S/C15H26N4S/c1-4-8-16-13-10-14(17-11(2)7-9-20-3)19-15(18-13)12-5-6-12/h10-12H,4-9H2,1-3H3,(H2,16,17,18,19). The van der Waals surface area contributed by atoms with Crippen molar-refractivity contribution in [1.82, 2.24) is 9.97 Å². The molecule has 0 amide bonds. The van der Waals surface area contributed by atoms with E-state index in [0.717, 1.165) is 36.8 Å². The molecular weight excluding hydrogens is 268 g/mol. The van der Waals surface area contributed by atoms with Gasteiger partial charge in [0.15, 0.2) is 0 Å². The van der Waals surface area contributed by atoms with Gasteiger partial charge in [0.25, 0.3) is 0 Å². The third-order valence-corrected chi connectivity index (χ3v) is 4.04. The lowest BCUT2D eigenvalue weighted by Gasteiger charge is -2.16. The molecular formula is C15H26N4S. The van der Waals surface area contributed by atoms with Crippen molar-refractivity contribution in [3.63, 3.8) is 0 Å². The van der Waals surface area contributed by atoms with E-state index in [-0.39, 0.29) is 0 Å². The molecule has 1 aromatic heterocycles. The maximum absolute atomic E-state index is 4.68. The first-order valence-corrected chi connectivity index (χ1v) is 9.00. The largest absolute Gasteiger partial charge is 0.370 e. The van der Waals surface area contributed by atoms with Crippen molar-refractivity contribution < 1.29 is 0 Å². The van der Waals surface area contributed by atoms with Gasteiger partial charge in [-0.3, -0.25) is 0 Å². The van der Waals surface area contributed by atoms with Gasteiger partial charge in [0.1, 0.15) is 17.5 Å². The van der Waals surface area contributed by atoms with Crippen molar-refractivity contribution in [3.8, 4) is 0 Å². The number of hydrogen-bond acceptors (Lipinski definition) is 5. The first-order valence-electron chi connectivity index (χ1n) is 7.61. The van der Waals surface area contributed by atoms with Gasteiger partial charge in [-0.05, 0) is 44.6 Å². The normalized spacial score (nSPS) is 15.9. The van der Waals surface area contributed by atoms with Crippen LogP contribution in [0, 0.1) is 0 Å². The number of nitrogens with zero attached hydrogens (tertiary/aromatic N) is 2. The topological polar surface area (TPSA) is 49.8 Å². The highest BCUT2D eigenvalue weighted by Gasteiger charge is 2.27. The summed E-state index contributed by atoms with van der Waals surface area (Å²) in [7, 11) is 0. The van der Waals surface area contributed by atoms with Crippen molar-refractivity contribution in [2.24, 2.45) is 0 Å². The van der Waals surface area contributed by atoms with E-state index in [2.05, 4.69) is 40.7 Å². The Bertz CT molecular complexity index is 420. The molecule has 1 heterocycles. The number of nitrogens with one attached hydrogen (secondary N) is 2. The second kappa shape index (κ2) is 7.72. The summed E-state index contributed by atoms with van der Waals surface area (Å²) >= 11 is 1.89. The van der Waals surface area contributed by atoms with Crippen LogP contribution in [-0.4, -0.2) is 34.6 Å². The van der Waals surface area contributed by atoms with E-state index in [4.69, 9.17) is 0 Å². The van der Waals surface area contributed by atoms with Crippen molar-refractivity contribution in [1.29, 1.82) is 0 Å². The lowest BCUT2D eigenvalue weighted by molar-refractivity contribution is 0.762. The van der Waals surface area contributed by atoms with E-state index in [1.54, 1.807) is 0 Å². The van der Waals surface area contributed by atoms with Gasteiger partial charge in [-0.25, -0.2) is 9.97 Å². The Hall–Kier alpha value is -0.970. The quantitative estimate of drug-likeness (QED) is 0.727. The molecule has 5 heteroatoms. The molecule has 0 aromatic carbocycles. The number of anilines is 2. The molecule has 0 radical (unpaired) electrons. The molecule has 2 rings (SSSR count). The maximum atomic E-state index is 4.68.